The molecule has 1 aromatic rings. The number of hydrogen-bond donors (Lipinski definition) is 1. The summed E-state index contributed by atoms with van der Waals surface area (Å²) in [6, 6.07) is 3.83. The van der Waals surface area contributed by atoms with Gasteiger partial charge in [-0.3, -0.25) is 0 Å². The van der Waals surface area contributed by atoms with E-state index in [9.17, 15) is 0 Å². The zero-order valence-electron chi connectivity index (χ0n) is 6.32. The van der Waals surface area contributed by atoms with Crippen LogP contribution < -0.4 is 5.32 Å². The van der Waals surface area contributed by atoms with Gasteiger partial charge in [-0.15, -0.1) is 0 Å². The Labute approximate surface area is 81.7 Å². The Bertz CT molecular complexity index is 310. The number of halogens is 2. The Kier molecular flexibility index (Phi) is 2.26. The molecule has 1 aliphatic rings. The molecule has 3 heteroatoms. The lowest BCUT2D eigenvalue weighted by atomic mass is 10.0. The molecular weight excluding hydrogens is 193 g/mol. The molecule has 1 N–H and O–H groups in total. The van der Waals surface area contributed by atoms with E-state index >= 15 is 0 Å². The first kappa shape index (κ1) is 8.36. The Morgan fingerprint density at radius 3 is 3.00 bits per heavy atom. The van der Waals surface area contributed by atoms with Crippen molar-refractivity contribution >= 4 is 23.2 Å². The first-order valence-corrected chi connectivity index (χ1v) is 4.50. The van der Waals surface area contributed by atoms with Crippen LogP contribution >= 0.6 is 23.2 Å². The summed E-state index contributed by atoms with van der Waals surface area (Å²) < 4.78 is 0. The van der Waals surface area contributed by atoms with Gasteiger partial charge in [-0.05, 0) is 18.1 Å². The van der Waals surface area contributed by atoms with Gasteiger partial charge in [-0.1, -0.05) is 29.3 Å². The molecule has 1 nitrogen and oxygen atoms in total. The summed E-state index contributed by atoms with van der Waals surface area (Å²) in [5, 5.41) is 4.20. The number of rotatable bonds is 0. The standard InChI is InChI=1S/C9H7Cl2N/c10-8-2-1-6-3-4-12-5-7(6)9(8)11/h1-2,12H,3-4H2. The fourth-order valence-electron chi connectivity index (χ4n) is 1.28. The van der Waals surface area contributed by atoms with Crippen LogP contribution in [0.1, 0.15) is 11.1 Å². The van der Waals surface area contributed by atoms with Gasteiger partial charge in [-0.25, -0.2) is 0 Å². The lowest BCUT2D eigenvalue weighted by molar-refractivity contribution is 0.753. The SMILES string of the molecule is Clc1ccc2c(c1Cl)[C]NCC2. The molecule has 62 valence electrons. The van der Waals surface area contributed by atoms with E-state index in [1.807, 2.05) is 12.1 Å². The van der Waals surface area contributed by atoms with Gasteiger partial charge in [0.1, 0.15) is 0 Å². The first-order chi connectivity index (χ1) is 5.79. The zero-order chi connectivity index (χ0) is 8.55. The fourth-order valence-corrected chi connectivity index (χ4v) is 1.67. The molecule has 1 aromatic carbocycles. The van der Waals surface area contributed by atoms with Crippen molar-refractivity contribution < 1.29 is 0 Å². The molecule has 0 fully saturated rings. The van der Waals surface area contributed by atoms with Gasteiger partial charge < -0.3 is 5.32 Å². The van der Waals surface area contributed by atoms with Crippen molar-refractivity contribution in [2.45, 2.75) is 6.42 Å². The summed E-state index contributed by atoms with van der Waals surface area (Å²) >= 11 is 11.8. The maximum atomic E-state index is 5.98. The van der Waals surface area contributed by atoms with Gasteiger partial charge >= 0.3 is 0 Å². The lowest BCUT2D eigenvalue weighted by Crippen LogP contribution is -2.21. The second-order valence-electron chi connectivity index (χ2n) is 2.70. The predicted molar refractivity (Wildman–Crippen MR) is 50.5 cm³/mol. The Morgan fingerprint density at radius 2 is 2.17 bits per heavy atom. The van der Waals surface area contributed by atoms with Gasteiger partial charge in [0.25, 0.3) is 0 Å². The maximum Gasteiger partial charge on any atom is 0.0952 e. The fraction of sp³-hybridized carbons (Fsp3) is 0.222. The molecule has 0 spiro atoms. The highest BCUT2D eigenvalue weighted by atomic mass is 35.5. The van der Waals surface area contributed by atoms with Crippen LogP contribution in [0.25, 0.3) is 0 Å². The van der Waals surface area contributed by atoms with Gasteiger partial charge in [0.05, 0.1) is 16.6 Å². The van der Waals surface area contributed by atoms with Crippen molar-refractivity contribution in [1.82, 2.24) is 5.32 Å². The molecular formula is C9H7Cl2N. The summed E-state index contributed by atoms with van der Waals surface area (Å²) in [5.74, 6) is 0. The van der Waals surface area contributed by atoms with Crippen LogP contribution in [0.2, 0.25) is 10.0 Å². The molecule has 0 bridgehead atoms. The van der Waals surface area contributed by atoms with E-state index in [0.29, 0.717) is 10.0 Å². The first-order valence-electron chi connectivity index (χ1n) is 3.75. The minimum absolute atomic E-state index is 0.589. The summed E-state index contributed by atoms with van der Waals surface area (Å²) in [5.41, 5.74) is 2.12. The smallest absolute Gasteiger partial charge is 0.0952 e. The van der Waals surface area contributed by atoms with Crippen LogP contribution in [0.4, 0.5) is 0 Å². The quantitative estimate of drug-likeness (QED) is 0.678. The van der Waals surface area contributed by atoms with E-state index < -0.39 is 0 Å². The molecule has 0 aliphatic carbocycles. The minimum atomic E-state index is 0.589. The molecule has 0 unspecified atom stereocenters. The third kappa shape index (κ3) is 1.33. The van der Waals surface area contributed by atoms with Crippen molar-refractivity contribution in [2.24, 2.45) is 0 Å². The molecule has 12 heavy (non-hydrogen) atoms. The molecule has 1 aliphatic heterocycles. The number of hydrogen-bond acceptors (Lipinski definition) is 1. The van der Waals surface area contributed by atoms with Crippen molar-refractivity contribution in [3.05, 3.63) is 39.8 Å². The molecule has 0 amide bonds. The highest BCUT2D eigenvalue weighted by Gasteiger charge is 2.14. The van der Waals surface area contributed by atoms with E-state index in [2.05, 4.69) is 11.9 Å². The van der Waals surface area contributed by atoms with Crippen molar-refractivity contribution in [2.75, 3.05) is 6.54 Å². The van der Waals surface area contributed by atoms with Gasteiger partial charge in [0.2, 0.25) is 0 Å². The molecule has 2 rings (SSSR count). The monoisotopic (exact) mass is 199 g/mol. The molecule has 0 saturated heterocycles. The van der Waals surface area contributed by atoms with Gasteiger partial charge in [0.15, 0.2) is 0 Å². The van der Waals surface area contributed by atoms with Crippen LogP contribution in [0, 0.1) is 6.54 Å². The van der Waals surface area contributed by atoms with Crippen LogP contribution in [0.5, 0.6) is 0 Å². The van der Waals surface area contributed by atoms with Crippen LogP contribution in [-0.4, -0.2) is 6.54 Å². The summed E-state index contributed by atoms with van der Waals surface area (Å²) in [6.07, 6.45) is 0.985. The summed E-state index contributed by atoms with van der Waals surface area (Å²) in [4.78, 5) is 0. The topological polar surface area (TPSA) is 12.0 Å². The number of nitrogens with one attached hydrogen (secondary N) is 1. The normalized spacial score (nSPS) is 15.8. The summed E-state index contributed by atoms with van der Waals surface area (Å²) in [6.45, 7) is 3.93. The molecule has 0 aromatic heterocycles. The zero-order valence-corrected chi connectivity index (χ0v) is 7.84. The number of benzene rings is 1. The maximum absolute atomic E-state index is 5.98. The minimum Gasteiger partial charge on any atom is -0.303 e. The van der Waals surface area contributed by atoms with Crippen molar-refractivity contribution in [3.8, 4) is 0 Å². The molecule has 0 atom stereocenters. The average molecular weight is 200 g/mol. The number of fused-ring (bicyclic) bond motifs is 1. The Morgan fingerprint density at radius 1 is 1.33 bits per heavy atom. The highest BCUT2D eigenvalue weighted by molar-refractivity contribution is 6.42. The highest BCUT2D eigenvalue weighted by Crippen LogP contribution is 2.30. The van der Waals surface area contributed by atoms with E-state index in [4.69, 9.17) is 23.2 Å². The van der Waals surface area contributed by atoms with E-state index in [0.717, 1.165) is 18.5 Å². The van der Waals surface area contributed by atoms with Crippen LogP contribution in [0.15, 0.2) is 12.1 Å². The molecule has 1 heterocycles. The van der Waals surface area contributed by atoms with E-state index in [1.54, 1.807) is 0 Å². The van der Waals surface area contributed by atoms with Crippen molar-refractivity contribution in [3.63, 3.8) is 0 Å². The van der Waals surface area contributed by atoms with E-state index in [-0.39, 0.29) is 0 Å². The lowest BCUT2D eigenvalue weighted by Gasteiger charge is -2.17. The second-order valence-corrected chi connectivity index (χ2v) is 3.48. The third-order valence-electron chi connectivity index (χ3n) is 1.91. The Balaban J connectivity index is 2.54. The summed E-state index contributed by atoms with van der Waals surface area (Å²) in [7, 11) is 0. The van der Waals surface area contributed by atoms with E-state index in [1.165, 1.54) is 5.56 Å². The average Bonchev–Trinajstić information content (AvgIpc) is 2.12. The van der Waals surface area contributed by atoms with Crippen LogP contribution in [-0.2, 0) is 6.42 Å². The second kappa shape index (κ2) is 3.25. The molecule has 0 saturated carbocycles. The largest absolute Gasteiger partial charge is 0.303 e. The van der Waals surface area contributed by atoms with Crippen LogP contribution in [0.3, 0.4) is 0 Å². The third-order valence-corrected chi connectivity index (χ3v) is 2.72. The molecule has 2 radical (unpaired) electrons. The van der Waals surface area contributed by atoms with Gasteiger partial charge in [0, 0.05) is 12.1 Å². The van der Waals surface area contributed by atoms with Crippen molar-refractivity contribution in [1.29, 1.82) is 0 Å². The van der Waals surface area contributed by atoms with Gasteiger partial charge in [-0.2, -0.15) is 0 Å². The Hall–Kier alpha value is -0.240. The predicted octanol–water partition coefficient (Wildman–Crippen LogP) is 2.53.